The van der Waals surface area contributed by atoms with Crippen molar-refractivity contribution in [3.8, 4) is 28.7 Å². The van der Waals surface area contributed by atoms with Crippen molar-refractivity contribution < 1.29 is 24.1 Å². The largest absolute Gasteiger partial charge is 0.504 e. The quantitative estimate of drug-likeness (QED) is 0.804. The summed E-state index contributed by atoms with van der Waals surface area (Å²) in [5.41, 5.74) is 4.04. The Kier molecular flexibility index (Phi) is 4.38. The van der Waals surface area contributed by atoms with Gasteiger partial charge in [0, 0.05) is 22.8 Å². The van der Waals surface area contributed by atoms with E-state index in [9.17, 15) is 5.11 Å². The number of fused-ring (bicyclic) bond motifs is 5. The zero-order valence-corrected chi connectivity index (χ0v) is 16.0. The Morgan fingerprint density at radius 1 is 1.19 bits per heavy atom. The van der Waals surface area contributed by atoms with Crippen LogP contribution in [-0.2, 0) is 6.42 Å². The first-order valence-electron chi connectivity index (χ1n) is 9.07. The van der Waals surface area contributed by atoms with Crippen LogP contribution in [0.5, 0.6) is 28.7 Å². The van der Waals surface area contributed by atoms with Crippen LogP contribution >= 0.6 is 0 Å². The molecule has 142 valence electrons. The Bertz CT molecular complexity index is 911. The Labute approximate surface area is 159 Å². The van der Waals surface area contributed by atoms with Crippen LogP contribution in [0.1, 0.15) is 42.6 Å². The van der Waals surface area contributed by atoms with Crippen LogP contribution < -0.4 is 18.9 Å². The SMILES string of the molecule is COc1ccc2c(c1)OCC1c3cc(O)c(OC)c(CC=C(C)C)c3OC21. The van der Waals surface area contributed by atoms with Crippen molar-refractivity contribution in [3.63, 3.8) is 0 Å². The number of phenols is 1. The lowest BCUT2D eigenvalue weighted by Crippen LogP contribution is -2.23. The summed E-state index contributed by atoms with van der Waals surface area (Å²) >= 11 is 0. The van der Waals surface area contributed by atoms with Crippen molar-refractivity contribution in [2.45, 2.75) is 32.3 Å². The second kappa shape index (κ2) is 6.72. The van der Waals surface area contributed by atoms with Crippen LogP contribution in [0.15, 0.2) is 35.9 Å². The summed E-state index contributed by atoms with van der Waals surface area (Å²) in [5.74, 6) is 2.98. The molecular formula is C22H24O5. The molecule has 4 rings (SSSR count). The fraction of sp³-hybridized carbons (Fsp3) is 0.364. The van der Waals surface area contributed by atoms with E-state index in [1.165, 1.54) is 5.57 Å². The first-order valence-corrected chi connectivity index (χ1v) is 9.07. The number of hydrogen-bond acceptors (Lipinski definition) is 5. The van der Waals surface area contributed by atoms with Crippen LogP contribution in [0, 0.1) is 0 Å². The third kappa shape index (κ3) is 2.87. The zero-order chi connectivity index (χ0) is 19.1. The highest BCUT2D eigenvalue weighted by molar-refractivity contribution is 5.62. The molecule has 27 heavy (non-hydrogen) atoms. The van der Waals surface area contributed by atoms with E-state index in [0.717, 1.165) is 33.9 Å². The molecule has 5 heteroatoms. The molecular weight excluding hydrogens is 344 g/mol. The highest BCUT2D eigenvalue weighted by Gasteiger charge is 2.43. The minimum atomic E-state index is -0.147. The summed E-state index contributed by atoms with van der Waals surface area (Å²) in [5, 5.41) is 10.5. The number of phenolic OH excluding ortho intramolecular Hbond substituents is 1. The fourth-order valence-corrected chi connectivity index (χ4v) is 3.86. The van der Waals surface area contributed by atoms with Gasteiger partial charge in [0.15, 0.2) is 11.5 Å². The monoisotopic (exact) mass is 368 g/mol. The van der Waals surface area contributed by atoms with Gasteiger partial charge in [-0.1, -0.05) is 11.6 Å². The summed E-state index contributed by atoms with van der Waals surface area (Å²) in [6.45, 7) is 4.59. The maximum Gasteiger partial charge on any atom is 0.167 e. The molecule has 1 N–H and O–H groups in total. The van der Waals surface area contributed by atoms with Crippen molar-refractivity contribution in [2.24, 2.45) is 0 Å². The van der Waals surface area contributed by atoms with E-state index in [2.05, 4.69) is 6.08 Å². The van der Waals surface area contributed by atoms with E-state index >= 15 is 0 Å². The first-order chi connectivity index (χ1) is 13.0. The molecule has 5 nitrogen and oxygen atoms in total. The molecule has 0 saturated heterocycles. The molecule has 2 aliphatic rings. The molecule has 2 aliphatic heterocycles. The van der Waals surface area contributed by atoms with Gasteiger partial charge in [0.1, 0.15) is 23.4 Å². The lowest BCUT2D eigenvalue weighted by Gasteiger charge is -2.28. The summed E-state index contributed by atoms with van der Waals surface area (Å²) in [4.78, 5) is 0. The Balaban J connectivity index is 1.80. The smallest absolute Gasteiger partial charge is 0.167 e. The van der Waals surface area contributed by atoms with Crippen LogP contribution in [-0.4, -0.2) is 25.9 Å². The standard InChI is InChI=1S/C22H24O5/c1-12(2)5-7-15-21-16(10-18(23)22(15)25-4)17-11-26-19-9-13(24-3)6-8-14(19)20(17)27-21/h5-6,8-10,17,20,23H,7,11H2,1-4H3. The summed E-state index contributed by atoms with van der Waals surface area (Å²) in [7, 11) is 3.21. The predicted octanol–water partition coefficient (Wildman–Crippen LogP) is 4.53. The minimum Gasteiger partial charge on any atom is -0.504 e. The van der Waals surface area contributed by atoms with Crippen LogP contribution in [0.25, 0.3) is 0 Å². The van der Waals surface area contributed by atoms with Crippen molar-refractivity contribution in [2.75, 3.05) is 20.8 Å². The number of rotatable bonds is 4. The summed E-state index contributed by atoms with van der Waals surface area (Å²) < 4.78 is 23.2. The summed E-state index contributed by atoms with van der Waals surface area (Å²) in [6.07, 6.45) is 2.60. The van der Waals surface area contributed by atoms with E-state index in [0.29, 0.717) is 18.8 Å². The topological polar surface area (TPSA) is 57.2 Å². The molecule has 0 radical (unpaired) electrons. The number of aromatic hydroxyl groups is 1. The second-order valence-corrected chi connectivity index (χ2v) is 7.17. The fourth-order valence-electron chi connectivity index (χ4n) is 3.86. The number of methoxy groups -OCH3 is 2. The highest BCUT2D eigenvalue weighted by atomic mass is 16.5. The molecule has 2 aromatic rings. The van der Waals surface area contributed by atoms with Gasteiger partial charge in [0.25, 0.3) is 0 Å². The number of ether oxygens (including phenoxy) is 4. The lowest BCUT2D eigenvalue weighted by atomic mass is 9.88. The van der Waals surface area contributed by atoms with Gasteiger partial charge in [0.05, 0.1) is 26.7 Å². The number of allylic oxidation sites excluding steroid dienone is 2. The summed E-state index contributed by atoms with van der Waals surface area (Å²) in [6, 6.07) is 7.55. The Morgan fingerprint density at radius 3 is 2.70 bits per heavy atom. The van der Waals surface area contributed by atoms with Crippen molar-refractivity contribution in [1.82, 2.24) is 0 Å². The van der Waals surface area contributed by atoms with Gasteiger partial charge in [-0.05, 0) is 38.5 Å². The van der Waals surface area contributed by atoms with Crippen LogP contribution in [0.3, 0.4) is 0 Å². The molecule has 2 atom stereocenters. The van der Waals surface area contributed by atoms with E-state index in [-0.39, 0.29) is 17.8 Å². The lowest BCUT2D eigenvalue weighted by molar-refractivity contribution is 0.138. The van der Waals surface area contributed by atoms with E-state index in [4.69, 9.17) is 18.9 Å². The van der Waals surface area contributed by atoms with Gasteiger partial charge < -0.3 is 24.1 Å². The second-order valence-electron chi connectivity index (χ2n) is 7.17. The van der Waals surface area contributed by atoms with Crippen molar-refractivity contribution in [3.05, 3.63) is 52.6 Å². The van der Waals surface area contributed by atoms with Crippen molar-refractivity contribution in [1.29, 1.82) is 0 Å². The molecule has 2 heterocycles. The third-order valence-corrected chi connectivity index (χ3v) is 5.21. The van der Waals surface area contributed by atoms with Gasteiger partial charge in [-0.2, -0.15) is 0 Å². The Hall–Kier alpha value is -2.82. The normalized spacial score (nSPS) is 19.1. The number of hydrogen-bond donors (Lipinski definition) is 1. The molecule has 0 aromatic heterocycles. The molecule has 0 amide bonds. The van der Waals surface area contributed by atoms with Crippen LogP contribution in [0.2, 0.25) is 0 Å². The van der Waals surface area contributed by atoms with Gasteiger partial charge in [0.2, 0.25) is 0 Å². The predicted molar refractivity (Wildman–Crippen MR) is 102 cm³/mol. The minimum absolute atomic E-state index is 0.0307. The highest BCUT2D eigenvalue weighted by Crippen LogP contribution is 2.55. The maximum atomic E-state index is 10.5. The first kappa shape index (κ1) is 17.6. The van der Waals surface area contributed by atoms with E-state index in [1.807, 2.05) is 32.0 Å². The van der Waals surface area contributed by atoms with Gasteiger partial charge in [-0.15, -0.1) is 0 Å². The van der Waals surface area contributed by atoms with E-state index in [1.54, 1.807) is 20.3 Å². The molecule has 0 saturated carbocycles. The molecule has 0 spiro atoms. The molecule has 2 aromatic carbocycles. The van der Waals surface area contributed by atoms with Gasteiger partial charge in [-0.3, -0.25) is 0 Å². The Morgan fingerprint density at radius 2 is 2.00 bits per heavy atom. The molecule has 0 bridgehead atoms. The maximum absolute atomic E-state index is 10.5. The molecule has 0 fully saturated rings. The average Bonchev–Trinajstić information content (AvgIpc) is 3.03. The molecule has 0 aliphatic carbocycles. The van der Waals surface area contributed by atoms with E-state index < -0.39 is 0 Å². The third-order valence-electron chi connectivity index (χ3n) is 5.21. The average molecular weight is 368 g/mol. The van der Waals surface area contributed by atoms with Crippen molar-refractivity contribution >= 4 is 0 Å². The van der Waals surface area contributed by atoms with Crippen LogP contribution in [0.4, 0.5) is 0 Å². The van der Waals surface area contributed by atoms with Gasteiger partial charge in [-0.25, -0.2) is 0 Å². The number of benzene rings is 2. The van der Waals surface area contributed by atoms with Gasteiger partial charge >= 0.3 is 0 Å². The molecule has 2 unspecified atom stereocenters. The zero-order valence-electron chi connectivity index (χ0n) is 16.0.